The molecule has 0 saturated carbocycles. The lowest BCUT2D eigenvalue weighted by Crippen LogP contribution is -2.27. The second-order valence-electron chi connectivity index (χ2n) is 5.67. The molecule has 1 aromatic carbocycles. The average molecular weight is 316 g/mol. The van der Waals surface area contributed by atoms with Crippen molar-refractivity contribution >= 4 is 30.7 Å². The Labute approximate surface area is 114 Å². The van der Waals surface area contributed by atoms with Gasteiger partial charge in [0.15, 0.2) is 9.04 Å². The van der Waals surface area contributed by atoms with Crippen molar-refractivity contribution in [2.75, 3.05) is 5.73 Å². The van der Waals surface area contributed by atoms with E-state index in [4.69, 9.17) is 10.2 Å². The molecule has 17 heavy (non-hydrogen) atoms. The molecule has 0 bridgehead atoms. The Morgan fingerprint density at radius 3 is 2.29 bits per heavy atom. The fraction of sp³-hybridized carbons (Fsp3) is 0.538. The van der Waals surface area contributed by atoms with E-state index < -0.39 is 9.04 Å². The van der Waals surface area contributed by atoms with Gasteiger partial charge in [-0.25, -0.2) is 0 Å². The molecule has 0 amide bonds. The normalized spacial score (nSPS) is 14.1. The Morgan fingerprint density at radius 2 is 1.88 bits per heavy atom. The zero-order chi connectivity index (χ0) is 13.2. The van der Waals surface area contributed by atoms with Gasteiger partial charge in [-0.15, -0.1) is 0 Å². The van der Waals surface area contributed by atoms with E-state index in [1.165, 1.54) is 0 Å². The Bertz CT molecular complexity index is 367. The molecule has 0 aliphatic rings. The third-order valence-electron chi connectivity index (χ3n) is 2.54. The van der Waals surface area contributed by atoms with Crippen LogP contribution in [0.1, 0.15) is 32.4 Å². The molecule has 0 radical (unpaired) electrons. The largest absolute Gasteiger partial charge is 0.413 e. The molecule has 0 spiro atoms. The standard InChI is InChI=1S/C13H22BrNOSi/c1-13(2,3)12(16-17(4)5)11-9(14)7-6-8-10(11)15/h6-8,12,17H,15H2,1-5H3. The molecule has 1 unspecified atom stereocenters. The van der Waals surface area contributed by atoms with Gasteiger partial charge in [0.25, 0.3) is 0 Å². The summed E-state index contributed by atoms with van der Waals surface area (Å²) in [5.41, 5.74) is 8.02. The van der Waals surface area contributed by atoms with Gasteiger partial charge in [0.2, 0.25) is 0 Å². The van der Waals surface area contributed by atoms with E-state index in [2.05, 4.69) is 49.8 Å². The van der Waals surface area contributed by atoms with Crippen molar-refractivity contribution in [3.63, 3.8) is 0 Å². The van der Waals surface area contributed by atoms with Crippen LogP contribution in [0.25, 0.3) is 0 Å². The van der Waals surface area contributed by atoms with Crippen LogP contribution in [0, 0.1) is 5.41 Å². The van der Waals surface area contributed by atoms with Crippen molar-refractivity contribution in [1.82, 2.24) is 0 Å². The molecule has 1 rings (SSSR count). The van der Waals surface area contributed by atoms with Crippen molar-refractivity contribution in [3.05, 3.63) is 28.2 Å². The summed E-state index contributed by atoms with van der Waals surface area (Å²) < 4.78 is 7.23. The molecule has 0 saturated heterocycles. The summed E-state index contributed by atoms with van der Waals surface area (Å²) in [4.78, 5) is 0. The van der Waals surface area contributed by atoms with Gasteiger partial charge in [0.1, 0.15) is 0 Å². The van der Waals surface area contributed by atoms with Gasteiger partial charge < -0.3 is 10.2 Å². The van der Waals surface area contributed by atoms with E-state index in [1.54, 1.807) is 0 Å². The van der Waals surface area contributed by atoms with Crippen LogP contribution in [0.4, 0.5) is 5.69 Å². The monoisotopic (exact) mass is 315 g/mol. The van der Waals surface area contributed by atoms with Crippen molar-refractivity contribution in [2.45, 2.75) is 40.0 Å². The van der Waals surface area contributed by atoms with Crippen LogP contribution in [0.15, 0.2) is 22.7 Å². The summed E-state index contributed by atoms with van der Waals surface area (Å²) in [5.74, 6) is 0. The van der Waals surface area contributed by atoms with Crippen molar-refractivity contribution in [3.8, 4) is 0 Å². The number of rotatable bonds is 3. The lowest BCUT2D eigenvalue weighted by molar-refractivity contribution is 0.0866. The molecule has 1 aromatic rings. The molecule has 2 N–H and O–H groups in total. The summed E-state index contributed by atoms with van der Waals surface area (Å²) in [6.45, 7) is 10.9. The Hall–Kier alpha value is -0.323. The molecule has 96 valence electrons. The van der Waals surface area contributed by atoms with Gasteiger partial charge in [-0.05, 0) is 30.6 Å². The second kappa shape index (κ2) is 5.55. The Balaban J connectivity index is 3.22. The van der Waals surface area contributed by atoms with Crippen LogP contribution in [0.2, 0.25) is 13.1 Å². The van der Waals surface area contributed by atoms with Gasteiger partial charge in [-0.2, -0.15) is 0 Å². The predicted octanol–water partition coefficient (Wildman–Crippen LogP) is 4.12. The van der Waals surface area contributed by atoms with Gasteiger partial charge >= 0.3 is 0 Å². The fourth-order valence-electron chi connectivity index (χ4n) is 1.81. The highest BCUT2D eigenvalue weighted by molar-refractivity contribution is 9.10. The smallest absolute Gasteiger partial charge is 0.171 e. The number of hydrogen-bond acceptors (Lipinski definition) is 2. The minimum atomic E-state index is -1.12. The van der Waals surface area contributed by atoms with E-state index in [0.29, 0.717) is 0 Å². The average Bonchev–Trinajstić information content (AvgIpc) is 2.13. The number of benzene rings is 1. The van der Waals surface area contributed by atoms with Crippen LogP contribution in [-0.4, -0.2) is 9.04 Å². The SMILES string of the molecule is C[SiH](C)OC(c1c(N)cccc1Br)C(C)(C)C. The third kappa shape index (κ3) is 3.83. The van der Waals surface area contributed by atoms with E-state index in [9.17, 15) is 0 Å². The molecule has 1 atom stereocenters. The van der Waals surface area contributed by atoms with Crippen LogP contribution < -0.4 is 5.73 Å². The second-order valence-corrected chi connectivity index (χ2v) is 8.90. The Kier molecular flexibility index (Phi) is 4.81. The molecule has 0 aliphatic carbocycles. The summed E-state index contributed by atoms with van der Waals surface area (Å²) in [6, 6.07) is 5.91. The molecule has 0 fully saturated rings. The highest BCUT2D eigenvalue weighted by Gasteiger charge is 2.30. The van der Waals surface area contributed by atoms with Crippen LogP contribution in [-0.2, 0) is 4.43 Å². The summed E-state index contributed by atoms with van der Waals surface area (Å²) >= 11 is 3.59. The maximum atomic E-state index is 6.19. The quantitative estimate of drug-likeness (QED) is 0.672. The molecule has 0 aliphatic heterocycles. The van der Waals surface area contributed by atoms with Crippen LogP contribution >= 0.6 is 15.9 Å². The Morgan fingerprint density at radius 1 is 1.29 bits per heavy atom. The third-order valence-corrected chi connectivity index (χ3v) is 4.05. The topological polar surface area (TPSA) is 35.2 Å². The number of anilines is 1. The lowest BCUT2D eigenvalue weighted by Gasteiger charge is -2.34. The van der Waals surface area contributed by atoms with E-state index in [0.717, 1.165) is 15.7 Å². The van der Waals surface area contributed by atoms with E-state index in [1.807, 2.05) is 18.2 Å². The maximum Gasteiger partial charge on any atom is 0.171 e. The first kappa shape index (κ1) is 14.7. The predicted molar refractivity (Wildman–Crippen MR) is 80.7 cm³/mol. The van der Waals surface area contributed by atoms with Gasteiger partial charge in [-0.1, -0.05) is 42.8 Å². The zero-order valence-corrected chi connectivity index (χ0v) is 14.0. The van der Waals surface area contributed by atoms with Crippen LogP contribution in [0.3, 0.4) is 0 Å². The number of nitrogens with two attached hydrogens (primary N) is 1. The first-order valence-electron chi connectivity index (χ1n) is 5.93. The highest BCUT2D eigenvalue weighted by Crippen LogP contribution is 2.42. The van der Waals surface area contributed by atoms with Crippen molar-refractivity contribution in [1.29, 1.82) is 0 Å². The van der Waals surface area contributed by atoms with Gasteiger partial charge in [0.05, 0.1) is 6.10 Å². The first-order chi connectivity index (χ1) is 7.73. The lowest BCUT2D eigenvalue weighted by atomic mass is 9.84. The zero-order valence-electron chi connectivity index (χ0n) is 11.3. The molecule has 0 aromatic heterocycles. The molecule has 4 heteroatoms. The number of halogens is 1. The molecule has 2 nitrogen and oxygen atoms in total. The minimum Gasteiger partial charge on any atom is -0.413 e. The maximum absolute atomic E-state index is 6.19. The minimum absolute atomic E-state index is 0.0370. The molecule has 0 heterocycles. The molecular weight excluding hydrogens is 294 g/mol. The summed E-state index contributed by atoms with van der Waals surface area (Å²) in [5, 5.41) is 0. The first-order valence-corrected chi connectivity index (χ1v) is 9.50. The van der Waals surface area contributed by atoms with Crippen LogP contribution in [0.5, 0.6) is 0 Å². The molecular formula is C13H22BrNOSi. The fourth-order valence-corrected chi connectivity index (χ4v) is 3.49. The van der Waals surface area contributed by atoms with Crippen molar-refractivity contribution in [2.24, 2.45) is 5.41 Å². The summed E-state index contributed by atoms with van der Waals surface area (Å²) in [7, 11) is -1.12. The van der Waals surface area contributed by atoms with Gasteiger partial charge in [-0.3, -0.25) is 0 Å². The summed E-state index contributed by atoms with van der Waals surface area (Å²) in [6.07, 6.45) is 0.0461. The van der Waals surface area contributed by atoms with E-state index in [-0.39, 0.29) is 11.5 Å². The number of hydrogen-bond donors (Lipinski definition) is 1. The van der Waals surface area contributed by atoms with Crippen molar-refractivity contribution < 1.29 is 4.43 Å². The van der Waals surface area contributed by atoms with E-state index >= 15 is 0 Å². The van der Waals surface area contributed by atoms with Gasteiger partial charge in [0, 0.05) is 15.7 Å². The highest BCUT2D eigenvalue weighted by atomic mass is 79.9. The number of nitrogen functional groups attached to an aromatic ring is 1.